The number of carbonyl (C=O) groups excluding carboxylic acids is 2. The van der Waals surface area contributed by atoms with Gasteiger partial charge in [0.05, 0.1) is 13.7 Å². The molecule has 1 aromatic heterocycles. The number of nitrogens with one attached hydrogen (secondary N) is 1. The smallest absolute Gasteiger partial charge is 0.360 e. The van der Waals surface area contributed by atoms with Gasteiger partial charge in [-0.1, -0.05) is 31.5 Å². The lowest BCUT2D eigenvalue weighted by Gasteiger charge is -2.22. The third kappa shape index (κ3) is 5.99. The van der Waals surface area contributed by atoms with Gasteiger partial charge in [-0.3, -0.25) is 0 Å². The van der Waals surface area contributed by atoms with Crippen molar-refractivity contribution >= 4 is 29.3 Å². The molecule has 0 spiro atoms. The summed E-state index contributed by atoms with van der Waals surface area (Å²) in [4.78, 5) is 29.9. The van der Waals surface area contributed by atoms with E-state index in [9.17, 15) is 9.59 Å². The molecule has 1 aromatic carbocycles. The second-order valence-electron chi connectivity index (χ2n) is 6.62. The third-order valence-electron chi connectivity index (χ3n) is 3.96. The van der Waals surface area contributed by atoms with Crippen LogP contribution in [0, 0.1) is 12.8 Å². The molecule has 146 valence electrons. The van der Waals surface area contributed by atoms with Crippen molar-refractivity contribution < 1.29 is 18.7 Å². The molecular weight excluding hydrogens is 370 g/mol. The van der Waals surface area contributed by atoms with Crippen molar-refractivity contribution in [3.63, 3.8) is 0 Å². The second-order valence-corrected chi connectivity index (χ2v) is 7.02. The van der Waals surface area contributed by atoms with Crippen LogP contribution in [0.3, 0.4) is 0 Å². The largest absolute Gasteiger partial charge is 0.464 e. The van der Waals surface area contributed by atoms with E-state index >= 15 is 0 Å². The molecule has 0 saturated heterocycles. The molecule has 0 fully saturated rings. The molecule has 0 bridgehead atoms. The van der Waals surface area contributed by atoms with Gasteiger partial charge < -0.3 is 19.4 Å². The Hall–Kier alpha value is -2.54. The summed E-state index contributed by atoms with van der Waals surface area (Å²) < 4.78 is 9.92. The van der Waals surface area contributed by atoms with Crippen molar-refractivity contribution in [3.05, 3.63) is 46.6 Å². The van der Waals surface area contributed by atoms with Gasteiger partial charge in [0.2, 0.25) is 5.89 Å². The standard InChI is InChI=1S/C19H24ClN3O4/c1-12(2)7-8-23(10-17-22-16(11-27-17)18(24)26-4)19(25)21-14-6-5-13(3)15(20)9-14/h5-6,9,11-12H,7-8,10H2,1-4H3,(H,21,25). The molecule has 8 heteroatoms. The van der Waals surface area contributed by atoms with Crippen LogP contribution in [0.1, 0.15) is 42.2 Å². The van der Waals surface area contributed by atoms with Crippen molar-refractivity contribution in [2.24, 2.45) is 5.92 Å². The highest BCUT2D eigenvalue weighted by molar-refractivity contribution is 6.31. The Morgan fingerprint density at radius 2 is 2.11 bits per heavy atom. The fourth-order valence-electron chi connectivity index (χ4n) is 2.28. The molecule has 0 aliphatic rings. The first kappa shape index (κ1) is 20.8. The summed E-state index contributed by atoms with van der Waals surface area (Å²) >= 11 is 6.12. The van der Waals surface area contributed by atoms with E-state index in [0.717, 1.165) is 12.0 Å². The number of carbonyl (C=O) groups is 2. The van der Waals surface area contributed by atoms with Crippen molar-refractivity contribution in [2.75, 3.05) is 19.0 Å². The summed E-state index contributed by atoms with van der Waals surface area (Å²) in [5, 5.41) is 3.42. The second kappa shape index (κ2) is 9.41. The molecule has 0 aliphatic carbocycles. The highest BCUT2D eigenvalue weighted by Gasteiger charge is 2.19. The Morgan fingerprint density at radius 1 is 1.37 bits per heavy atom. The number of methoxy groups -OCH3 is 1. The van der Waals surface area contributed by atoms with Gasteiger partial charge in [0.15, 0.2) is 5.69 Å². The van der Waals surface area contributed by atoms with Crippen molar-refractivity contribution in [3.8, 4) is 0 Å². The number of rotatable bonds is 7. The molecule has 1 N–H and O–H groups in total. The summed E-state index contributed by atoms with van der Waals surface area (Å²) in [7, 11) is 1.27. The van der Waals surface area contributed by atoms with Crippen LogP contribution in [0.25, 0.3) is 0 Å². The Labute approximate surface area is 163 Å². The molecule has 0 saturated carbocycles. The fourth-order valence-corrected chi connectivity index (χ4v) is 2.47. The first-order valence-electron chi connectivity index (χ1n) is 8.65. The van der Waals surface area contributed by atoms with Gasteiger partial charge in [0.25, 0.3) is 0 Å². The van der Waals surface area contributed by atoms with Gasteiger partial charge >= 0.3 is 12.0 Å². The molecule has 7 nitrogen and oxygen atoms in total. The summed E-state index contributed by atoms with van der Waals surface area (Å²) in [6, 6.07) is 5.04. The minimum Gasteiger partial charge on any atom is -0.464 e. The van der Waals surface area contributed by atoms with E-state index in [1.807, 2.05) is 13.0 Å². The van der Waals surface area contributed by atoms with Crippen LogP contribution in [0.2, 0.25) is 5.02 Å². The molecule has 0 atom stereocenters. The van der Waals surface area contributed by atoms with Crippen LogP contribution in [0.5, 0.6) is 0 Å². The van der Waals surface area contributed by atoms with E-state index in [-0.39, 0.29) is 24.2 Å². The van der Waals surface area contributed by atoms with Gasteiger partial charge in [-0.05, 0) is 37.0 Å². The predicted molar refractivity (Wildman–Crippen MR) is 103 cm³/mol. The Kier molecular flexibility index (Phi) is 7.24. The number of urea groups is 1. The van der Waals surface area contributed by atoms with E-state index < -0.39 is 5.97 Å². The lowest BCUT2D eigenvalue weighted by atomic mass is 10.1. The van der Waals surface area contributed by atoms with Crippen molar-refractivity contribution in [1.29, 1.82) is 0 Å². The first-order chi connectivity index (χ1) is 12.8. The Bertz CT molecular complexity index is 804. The molecule has 2 aromatic rings. The highest BCUT2D eigenvalue weighted by atomic mass is 35.5. The fraction of sp³-hybridized carbons (Fsp3) is 0.421. The minimum atomic E-state index is -0.586. The summed E-state index contributed by atoms with van der Waals surface area (Å²) in [6.07, 6.45) is 2.03. The minimum absolute atomic E-state index is 0.0713. The molecule has 0 aliphatic heterocycles. The number of ether oxygens (including phenoxy) is 1. The van der Waals surface area contributed by atoms with Crippen LogP contribution >= 0.6 is 11.6 Å². The maximum Gasteiger partial charge on any atom is 0.360 e. The quantitative estimate of drug-likeness (QED) is 0.700. The van der Waals surface area contributed by atoms with Crippen LogP contribution in [0.4, 0.5) is 10.5 Å². The lowest BCUT2D eigenvalue weighted by molar-refractivity contribution is 0.0594. The van der Waals surface area contributed by atoms with E-state index in [0.29, 0.717) is 23.2 Å². The predicted octanol–water partition coefficient (Wildman–Crippen LogP) is 4.50. The number of halogens is 1. The molecule has 2 amide bonds. The number of nitrogens with zero attached hydrogens (tertiary/aromatic N) is 2. The van der Waals surface area contributed by atoms with Crippen molar-refractivity contribution in [1.82, 2.24) is 9.88 Å². The Morgan fingerprint density at radius 3 is 2.74 bits per heavy atom. The number of amides is 2. The average Bonchev–Trinajstić information content (AvgIpc) is 3.09. The van der Waals surface area contributed by atoms with E-state index in [1.165, 1.54) is 13.4 Å². The number of hydrogen-bond donors (Lipinski definition) is 1. The number of aromatic nitrogens is 1. The number of hydrogen-bond acceptors (Lipinski definition) is 5. The molecule has 1 heterocycles. The number of benzene rings is 1. The van der Waals surface area contributed by atoms with E-state index in [2.05, 4.69) is 28.9 Å². The zero-order chi connectivity index (χ0) is 20.0. The highest BCUT2D eigenvalue weighted by Crippen LogP contribution is 2.20. The molecule has 2 rings (SSSR count). The van der Waals surface area contributed by atoms with Gasteiger partial charge in [0.1, 0.15) is 6.26 Å². The lowest BCUT2D eigenvalue weighted by Crippen LogP contribution is -2.36. The zero-order valence-corrected chi connectivity index (χ0v) is 16.7. The average molecular weight is 394 g/mol. The normalized spacial score (nSPS) is 10.7. The van der Waals surface area contributed by atoms with Crippen LogP contribution in [-0.2, 0) is 11.3 Å². The summed E-state index contributed by atoms with van der Waals surface area (Å²) in [6.45, 7) is 6.70. The maximum absolute atomic E-state index is 12.7. The number of oxazole rings is 1. The molecule has 27 heavy (non-hydrogen) atoms. The topological polar surface area (TPSA) is 84.7 Å². The van der Waals surface area contributed by atoms with Gasteiger partial charge in [0, 0.05) is 17.3 Å². The maximum atomic E-state index is 12.7. The van der Waals surface area contributed by atoms with E-state index in [4.69, 9.17) is 16.0 Å². The SMILES string of the molecule is COC(=O)c1coc(CN(CCC(C)C)C(=O)Nc2ccc(C)c(Cl)c2)n1. The zero-order valence-electron chi connectivity index (χ0n) is 15.9. The van der Waals surface area contributed by atoms with Crippen LogP contribution in [-0.4, -0.2) is 35.5 Å². The number of anilines is 1. The van der Waals surface area contributed by atoms with Gasteiger partial charge in [-0.25, -0.2) is 14.6 Å². The summed E-state index contributed by atoms with van der Waals surface area (Å²) in [5.41, 5.74) is 1.61. The number of esters is 1. The third-order valence-corrected chi connectivity index (χ3v) is 4.37. The van der Waals surface area contributed by atoms with Crippen LogP contribution < -0.4 is 5.32 Å². The monoisotopic (exact) mass is 393 g/mol. The van der Waals surface area contributed by atoms with Gasteiger partial charge in [-0.15, -0.1) is 0 Å². The van der Waals surface area contributed by atoms with E-state index in [1.54, 1.807) is 17.0 Å². The molecular formula is C19H24ClN3O4. The number of aryl methyl sites for hydroxylation is 1. The Balaban J connectivity index is 2.12. The van der Waals surface area contributed by atoms with Crippen LogP contribution in [0.15, 0.2) is 28.9 Å². The molecule has 0 unspecified atom stereocenters. The van der Waals surface area contributed by atoms with Crippen molar-refractivity contribution in [2.45, 2.75) is 33.7 Å². The molecule has 0 radical (unpaired) electrons. The first-order valence-corrected chi connectivity index (χ1v) is 9.02. The summed E-state index contributed by atoms with van der Waals surface area (Å²) in [5.74, 6) is 0.0954. The van der Waals surface area contributed by atoms with Gasteiger partial charge in [-0.2, -0.15) is 0 Å².